The lowest BCUT2D eigenvalue weighted by Crippen LogP contribution is -2.75. The van der Waals surface area contributed by atoms with E-state index in [4.69, 9.17) is 0 Å². The van der Waals surface area contributed by atoms with Gasteiger partial charge in [0, 0.05) is 14.1 Å². The van der Waals surface area contributed by atoms with Crippen molar-refractivity contribution in [2.75, 3.05) is 20.6 Å². The fourth-order valence-corrected chi connectivity index (χ4v) is 4.88. The minimum Gasteiger partial charge on any atom is -0.506 e. The first-order chi connectivity index (χ1) is 13.3. The molecule has 3 aromatic carbocycles. The molecule has 0 spiro atoms. The van der Waals surface area contributed by atoms with Gasteiger partial charge in [-0.2, -0.15) is 0 Å². The van der Waals surface area contributed by atoms with Crippen LogP contribution >= 0.6 is 0 Å². The Kier molecular flexibility index (Phi) is 4.43. The van der Waals surface area contributed by atoms with Crippen molar-refractivity contribution in [3.05, 3.63) is 102 Å². The summed E-state index contributed by atoms with van der Waals surface area (Å²) in [7, 11) is 4.25. The molecular weight excluding hydrogens is 358 g/mol. The fourth-order valence-electron chi connectivity index (χ4n) is 4.88. The molecule has 4 rings (SSSR count). The van der Waals surface area contributed by atoms with E-state index >= 15 is 0 Å². The third-order valence-electron chi connectivity index (χ3n) is 6.16. The van der Waals surface area contributed by atoms with Gasteiger partial charge in [0.2, 0.25) is 0 Å². The molecule has 0 saturated heterocycles. The van der Waals surface area contributed by atoms with E-state index in [1.165, 1.54) is 36.4 Å². The summed E-state index contributed by atoms with van der Waals surface area (Å²) in [6, 6.07) is 19.5. The first-order valence-corrected chi connectivity index (χ1v) is 9.31. The minimum absolute atomic E-state index is 0.294. The van der Waals surface area contributed by atoms with Crippen molar-refractivity contribution >= 4 is 22.7 Å². The van der Waals surface area contributed by atoms with Gasteiger partial charge in [0.25, 0.3) is 6.28 Å². The normalized spacial score (nSPS) is 17.4. The molecule has 0 N–H and O–H groups in total. The van der Waals surface area contributed by atoms with Crippen molar-refractivity contribution in [2.24, 2.45) is 0 Å². The van der Waals surface area contributed by atoms with Gasteiger partial charge in [-0.25, -0.2) is 13.2 Å². The first-order valence-electron chi connectivity index (χ1n) is 9.31. The van der Waals surface area contributed by atoms with Crippen molar-refractivity contribution < 1.29 is 17.6 Å². The highest BCUT2D eigenvalue weighted by molar-refractivity contribution is 7.10. The van der Waals surface area contributed by atoms with Crippen LogP contribution in [0.4, 0.5) is 13.2 Å². The number of halogens is 3. The molecule has 3 aromatic rings. The largest absolute Gasteiger partial charge is 0.506 e. The Morgan fingerprint density at radius 3 is 1.46 bits per heavy atom. The molecule has 5 heteroatoms. The smallest absolute Gasteiger partial charge is 0.291 e. The Balaban J connectivity index is 2.03. The molecule has 0 amide bonds. The van der Waals surface area contributed by atoms with Crippen LogP contribution in [0.15, 0.2) is 78.9 Å². The summed E-state index contributed by atoms with van der Waals surface area (Å²) >= 11 is 0. The molecule has 1 aliphatic heterocycles. The third-order valence-corrected chi connectivity index (χ3v) is 6.16. The molecule has 0 aliphatic carbocycles. The maximum absolute atomic E-state index is 13.7. The number of hydrogen-bond acceptors (Lipinski definition) is 0. The van der Waals surface area contributed by atoms with Crippen molar-refractivity contribution in [3.63, 3.8) is 0 Å². The molecule has 0 atom stereocenters. The molecular formula is C23H21BF3N. The number of benzene rings is 3. The minimum atomic E-state index is -1.59. The van der Waals surface area contributed by atoms with Crippen LogP contribution in [0.3, 0.4) is 0 Å². The third kappa shape index (κ3) is 2.78. The topological polar surface area (TPSA) is 0 Å². The predicted molar refractivity (Wildman–Crippen MR) is 109 cm³/mol. The maximum Gasteiger partial charge on any atom is 0.291 e. The van der Waals surface area contributed by atoms with E-state index in [2.05, 4.69) is 20.2 Å². The highest BCUT2D eigenvalue weighted by Crippen LogP contribution is 2.37. The lowest BCUT2D eigenvalue weighted by molar-refractivity contribution is -0.776. The van der Waals surface area contributed by atoms with Crippen molar-refractivity contribution in [3.8, 4) is 0 Å². The molecule has 0 aromatic heterocycles. The SMILES string of the molecule is C[N+]1(C)CC=C(c2ccc(F)cc2)[B-]1(c1ccc(F)cc1)c1ccc(F)cc1. The Labute approximate surface area is 163 Å². The number of hydrogen-bond donors (Lipinski definition) is 0. The van der Waals surface area contributed by atoms with E-state index in [0.29, 0.717) is 4.39 Å². The van der Waals surface area contributed by atoms with E-state index in [0.717, 1.165) is 28.5 Å². The monoisotopic (exact) mass is 379 g/mol. The van der Waals surface area contributed by atoms with Gasteiger partial charge in [-0.15, -0.1) is 16.4 Å². The summed E-state index contributed by atoms with van der Waals surface area (Å²) in [4.78, 5) is 0. The van der Waals surface area contributed by atoms with Crippen LogP contribution in [0, 0.1) is 17.5 Å². The molecule has 1 aliphatic rings. The highest BCUT2D eigenvalue weighted by atomic mass is 19.1. The zero-order valence-electron chi connectivity index (χ0n) is 15.9. The second-order valence-electron chi connectivity index (χ2n) is 8.05. The van der Waals surface area contributed by atoms with Gasteiger partial charge in [0.1, 0.15) is 17.5 Å². The lowest BCUT2D eigenvalue weighted by Gasteiger charge is -2.53. The Hall–Kier alpha value is -2.79. The molecule has 1 nitrogen and oxygen atoms in total. The summed E-state index contributed by atoms with van der Waals surface area (Å²) in [5, 5.41) is 0. The van der Waals surface area contributed by atoms with Gasteiger partial charge >= 0.3 is 0 Å². The number of quaternary nitrogens is 1. The molecule has 142 valence electrons. The van der Waals surface area contributed by atoms with E-state index < -0.39 is 6.28 Å². The van der Waals surface area contributed by atoms with E-state index in [1.807, 2.05) is 0 Å². The molecule has 0 bridgehead atoms. The summed E-state index contributed by atoms with van der Waals surface area (Å²) in [6.07, 6.45) is 0.576. The predicted octanol–water partition coefficient (Wildman–Crippen LogP) is 3.88. The summed E-state index contributed by atoms with van der Waals surface area (Å²) in [5.41, 5.74) is 3.90. The summed E-state index contributed by atoms with van der Waals surface area (Å²) < 4.78 is 41.6. The number of nitrogens with zero attached hydrogens (tertiary/aromatic N) is 1. The highest BCUT2D eigenvalue weighted by Gasteiger charge is 2.50. The molecule has 0 unspecified atom stereocenters. The van der Waals surface area contributed by atoms with E-state index in [1.54, 1.807) is 36.4 Å². The lowest BCUT2D eigenvalue weighted by atomic mass is 9.22. The van der Waals surface area contributed by atoms with Crippen LogP contribution in [0.1, 0.15) is 5.56 Å². The standard InChI is InChI=1S/C23H21BF3N/c1-28(2)16-15-23(17-3-9-20(25)10-4-17)24(28,18-5-11-21(26)12-6-18)19-7-13-22(27)14-8-19/h3-15H,16H2,1-2H3. The Morgan fingerprint density at radius 1 is 0.643 bits per heavy atom. The number of likely N-dealkylation sites (N-methyl/N-ethyl adjacent to an activating group) is 1. The first kappa shape index (κ1) is 18.6. The molecule has 1 heterocycles. The zero-order valence-corrected chi connectivity index (χ0v) is 15.9. The second-order valence-corrected chi connectivity index (χ2v) is 8.05. The van der Waals surface area contributed by atoms with Crippen LogP contribution in [0.25, 0.3) is 5.47 Å². The van der Waals surface area contributed by atoms with Gasteiger partial charge in [0.05, 0.1) is 6.54 Å². The van der Waals surface area contributed by atoms with Crippen molar-refractivity contribution in [2.45, 2.75) is 0 Å². The molecule has 0 fully saturated rings. The van der Waals surface area contributed by atoms with Gasteiger partial charge in [-0.1, -0.05) is 48.0 Å². The van der Waals surface area contributed by atoms with E-state index in [-0.39, 0.29) is 17.5 Å². The number of rotatable bonds is 3. The Morgan fingerprint density at radius 2 is 1.04 bits per heavy atom. The zero-order chi connectivity index (χ0) is 19.9. The summed E-state index contributed by atoms with van der Waals surface area (Å²) in [5.74, 6) is -0.897. The quantitative estimate of drug-likeness (QED) is 0.606. The van der Waals surface area contributed by atoms with Gasteiger partial charge in [-0.05, 0) is 36.4 Å². The van der Waals surface area contributed by atoms with Crippen LogP contribution in [0.5, 0.6) is 0 Å². The molecule has 0 radical (unpaired) electrons. The van der Waals surface area contributed by atoms with Crippen LogP contribution in [-0.4, -0.2) is 31.3 Å². The molecule has 0 saturated carbocycles. The van der Waals surface area contributed by atoms with Gasteiger partial charge in [0.15, 0.2) is 0 Å². The maximum atomic E-state index is 13.7. The van der Waals surface area contributed by atoms with Crippen LogP contribution < -0.4 is 10.9 Å². The van der Waals surface area contributed by atoms with Crippen molar-refractivity contribution in [1.29, 1.82) is 0 Å². The second kappa shape index (κ2) is 6.68. The molecule has 28 heavy (non-hydrogen) atoms. The average molecular weight is 379 g/mol. The average Bonchev–Trinajstić information content (AvgIpc) is 2.95. The van der Waals surface area contributed by atoms with Crippen LogP contribution in [-0.2, 0) is 0 Å². The van der Waals surface area contributed by atoms with Gasteiger partial charge < -0.3 is 4.39 Å². The Bertz CT molecular complexity index is 977. The van der Waals surface area contributed by atoms with Gasteiger partial charge in [-0.3, -0.25) is 0 Å². The van der Waals surface area contributed by atoms with Crippen molar-refractivity contribution in [1.82, 2.24) is 0 Å². The van der Waals surface area contributed by atoms with E-state index in [9.17, 15) is 13.2 Å². The summed E-state index contributed by atoms with van der Waals surface area (Å²) in [6.45, 7) is 0.751. The fraction of sp³-hybridized carbons (Fsp3) is 0.130. The van der Waals surface area contributed by atoms with Crippen LogP contribution in [0.2, 0.25) is 0 Å².